The van der Waals surface area contributed by atoms with E-state index in [0.29, 0.717) is 13.0 Å². The summed E-state index contributed by atoms with van der Waals surface area (Å²) in [6, 6.07) is 0. The maximum atomic E-state index is 11.7. The third kappa shape index (κ3) is 5.89. The molecule has 112 valence electrons. The molecular formula is C14H29N3O2. The predicted molar refractivity (Wildman–Crippen MR) is 77.0 cm³/mol. The number of carbonyl (C=O) groups is 1. The number of hydrogen-bond acceptors (Lipinski definition) is 5. The largest absolute Gasteiger partial charge is 0.465 e. The van der Waals surface area contributed by atoms with Gasteiger partial charge in [0.2, 0.25) is 0 Å². The molecule has 1 rings (SSSR count). The molecule has 0 saturated carbocycles. The first-order valence-electron chi connectivity index (χ1n) is 7.32. The van der Waals surface area contributed by atoms with Crippen molar-refractivity contribution in [2.75, 3.05) is 46.4 Å². The zero-order chi connectivity index (χ0) is 14.3. The number of esters is 1. The number of ether oxygens (including phenoxy) is 1. The van der Waals surface area contributed by atoms with E-state index in [1.165, 1.54) is 25.9 Å². The highest BCUT2D eigenvalue weighted by Gasteiger charge is 2.29. The van der Waals surface area contributed by atoms with Crippen LogP contribution >= 0.6 is 0 Å². The lowest BCUT2D eigenvalue weighted by Crippen LogP contribution is -2.48. The third-order valence-electron chi connectivity index (χ3n) is 3.75. The molecule has 19 heavy (non-hydrogen) atoms. The van der Waals surface area contributed by atoms with Crippen LogP contribution in [0.25, 0.3) is 0 Å². The minimum Gasteiger partial charge on any atom is -0.465 e. The average Bonchev–Trinajstić information content (AvgIpc) is 2.87. The third-order valence-corrected chi connectivity index (χ3v) is 3.75. The van der Waals surface area contributed by atoms with E-state index >= 15 is 0 Å². The Morgan fingerprint density at radius 3 is 2.58 bits per heavy atom. The van der Waals surface area contributed by atoms with E-state index in [1.807, 2.05) is 0 Å². The van der Waals surface area contributed by atoms with E-state index in [2.05, 4.69) is 16.8 Å². The van der Waals surface area contributed by atoms with E-state index in [4.69, 9.17) is 10.5 Å². The van der Waals surface area contributed by atoms with Crippen LogP contribution in [0.1, 0.15) is 33.1 Å². The van der Waals surface area contributed by atoms with Crippen LogP contribution in [0, 0.1) is 0 Å². The Morgan fingerprint density at radius 1 is 1.37 bits per heavy atom. The van der Waals surface area contributed by atoms with Crippen LogP contribution in [0.4, 0.5) is 0 Å². The molecule has 1 aliphatic rings. The summed E-state index contributed by atoms with van der Waals surface area (Å²) in [5, 5.41) is 0. The van der Waals surface area contributed by atoms with Crippen LogP contribution in [0.15, 0.2) is 0 Å². The van der Waals surface area contributed by atoms with Crippen LogP contribution in [0.2, 0.25) is 0 Å². The summed E-state index contributed by atoms with van der Waals surface area (Å²) in [7, 11) is 2.08. The number of nitrogens with two attached hydrogens (primary N) is 1. The Labute approximate surface area is 117 Å². The lowest BCUT2D eigenvalue weighted by Gasteiger charge is -2.26. The quantitative estimate of drug-likeness (QED) is 0.658. The molecule has 5 nitrogen and oxygen atoms in total. The number of likely N-dealkylation sites (tertiary alicyclic amines) is 1. The minimum atomic E-state index is -0.877. The number of rotatable bonds is 8. The van der Waals surface area contributed by atoms with Crippen LogP contribution in [-0.2, 0) is 9.53 Å². The van der Waals surface area contributed by atoms with Gasteiger partial charge in [0.1, 0.15) is 5.54 Å². The molecule has 0 aromatic rings. The van der Waals surface area contributed by atoms with E-state index in [-0.39, 0.29) is 5.97 Å². The van der Waals surface area contributed by atoms with Gasteiger partial charge in [-0.15, -0.1) is 0 Å². The average molecular weight is 271 g/mol. The molecule has 1 fully saturated rings. The van der Waals surface area contributed by atoms with E-state index < -0.39 is 5.54 Å². The first-order valence-corrected chi connectivity index (χ1v) is 7.32. The molecule has 2 N–H and O–H groups in total. The van der Waals surface area contributed by atoms with Gasteiger partial charge in [-0.05, 0) is 53.2 Å². The normalized spacial score (nSPS) is 19.6. The van der Waals surface area contributed by atoms with Gasteiger partial charge in [0, 0.05) is 19.6 Å². The number of hydrogen-bond donors (Lipinski definition) is 1. The molecule has 5 heteroatoms. The summed E-state index contributed by atoms with van der Waals surface area (Å²) in [6.45, 7) is 9.35. The van der Waals surface area contributed by atoms with Gasteiger partial charge in [-0.2, -0.15) is 0 Å². The van der Waals surface area contributed by atoms with Crippen molar-refractivity contribution in [3.05, 3.63) is 0 Å². The smallest absolute Gasteiger partial charge is 0.325 e. The molecule has 0 aromatic heterocycles. The lowest BCUT2D eigenvalue weighted by atomic mass is 9.99. The van der Waals surface area contributed by atoms with E-state index in [0.717, 1.165) is 19.6 Å². The molecule has 1 heterocycles. The second-order valence-electron chi connectivity index (χ2n) is 5.74. The zero-order valence-electron chi connectivity index (χ0n) is 12.7. The van der Waals surface area contributed by atoms with Gasteiger partial charge in [0.05, 0.1) is 6.61 Å². The van der Waals surface area contributed by atoms with Crippen molar-refractivity contribution in [3.63, 3.8) is 0 Å². The van der Waals surface area contributed by atoms with Crippen molar-refractivity contribution in [2.24, 2.45) is 5.73 Å². The molecule has 1 atom stereocenters. The number of carbonyl (C=O) groups excluding carboxylic acids is 1. The van der Waals surface area contributed by atoms with Crippen LogP contribution in [0.5, 0.6) is 0 Å². The molecule has 0 bridgehead atoms. The maximum absolute atomic E-state index is 11.7. The van der Waals surface area contributed by atoms with Gasteiger partial charge >= 0.3 is 5.97 Å². The second-order valence-corrected chi connectivity index (χ2v) is 5.74. The SMILES string of the molecule is CCOC(=O)C(C)(N)CCN(C)CCN1CCCC1. The molecular weight excluding hydrogens is 242 g/mol. The highest BCUT2D eigenvalue weighted by atomic mass is 16.5. The molecule has 1 saturated heterocycles. The number of likely N-dealkylation sites (N-methyl/N-ethyl adjacent to an activating group) is 1. The zero-order valence-corrected chi connectivity index (χ0v) is 12.7. The Morgan fingerprint density at radius 2 is 2.00 bits per heavy atom. The van der Waals surface area contributed by atoms with E-state index in [9.17, 15) is 4.79 Å². The highest BCUT2D eigenvalue weighted by Crippen LogP contribution is 2.10. The Balaban J connectivity index is 2.20. The van der Waals surface area contributed by atoms with Crippen molar-refractivity contribution in [1.82, 2.24) is 9.80 Å². The highest BCUT2D eigenvalue weighted by molar-refractivity contribution is 5.79. The second kappa shape index (κ2) is 7.82. The summed E-state index contributed by atoms with van der Waals surface area (Å²) in [5.74, 6) is -0.303. The van der Waals surface area contributed by atoms with Crippen LogP contribution in [-0.4, -0.2) is 67.7 Å². The van der Waals surface area contributed by atoms with E-state index in [1.54, 1.807) is 13.8 Å². The maximum Gasteiger partial charge on any atom is 0.325 e. The van der Waals surface area contributed by atoms with Gasteiger partial charge in [-0.3, -0.25) is 4.79 Å². The summed E-state index contributed by atoms with van der Waals surface area (Å²) in [4.78, 5) is 16.4. The Bertz CT molecular complexity index is 276. The molecule has 0 amide bonds. The first kappa shape index (κ1) is 16.4. The topological polar surface area (TPSA) is 58.8 Å². The van der Waals surface area contributed by atoms with Gasteiger partial charge in [0.25, 0.3) is 0 Å². The molecule has 0 radical (unpaired) electrons. The van der Waals surface area contributed by atoms with Crippen molar-refractivity contribution in [3.8, 4) is 0 Å². The molecule has 0 aromatic carbocycles. The van der Waals surface area contributed by atoms with Gasteiger partial charge < -0.3 is 20.3 Å². The van der Waals surface area contributed by atoms with Crippen LogP contribution in [0.3, 0.4) is 0 Å². The summed E-state index contributed by atoms with van der Waals surface area (Å²) >= 11 is 0. The Hall–Kier alpha value is -0.650. The molecule has 0 aliphatic carbocycles. The van der Waals surface area contributed by atoms with Crippen molar-refractivity contribution >= 4 is 5.97 Å². The number of nitrogens with zero attached hydrogens (tertiary/aromatic N) is 2. The predicted octanol–water partition coefficient (Wildman–Crippen LogP) is 0.685. The van der Waals surface area contributed by atoms with Gasteiger partial charge in [-0.25, -0.2) is 0 Å². The monoisotopic (exact) mass is 271 g/mol. The minimum absolute atomic E-state index is 0.303. The molecule has 0 spiro atoms. The molecule has 1 aliphatic heterocycles. The fourth-order valence-corrected chi connectivity index (χ4v) is 2.25. The first-order chi connectivity index (χ1) is 8.95. The molecule has 1 unspecified atom stereocenters. The van der Waals surface area contributed by atoms with Gasteiger partial charge in [0.15, 0.2) is 0 Å². The summed E-state index contributed by atoms with van der Waals surface area (Å²) in [6.07, 6.45) is 3.28. The Kier molecular flexibility index (Phi) is 6.75. The van der Waals surface area contributed by atoms with Crippen molar-refractivity contribution in [1.29, 1.82) is 0 Å². The fraction of sp³-hybridized carbons (Fsp3) is 0.929. The lowest BCUT2D eigenvalue weighted by molar-refractivity contribution is -0.149. The summed E-state index contributed by atoms with van der Waals surface area (Å²) < 4.78 is 4.99. The van der Waals surface area contributed by atoms with Crippen molar-refractivity contribution in [2.45, 2.75) is 38.6 Å². The summed E-state index contributed by atoms with van der Waals surface area (Å²) in [5.41, 5.74) is 5.12. The fourth-order valence-electron chi connectivity index (χ4n) is 2.25. The standard InChI is InChI=1S/C14H29N3O2/c1-4-19-13(18)14(2,15)7-10-16(3)11-12-17-8-5-6-9-17/h4-12,15H2,1-3H3. The van der Waals surface area contributed by atoms with Crippen LogP contribution < -0.4 is 5.73 Å². The van der Waals surface area contributed by atoms with Gasteiger partial charge in [-0.1, -0.05) is 0 Å². The van der Waals surface area contributed by atoms with Crippen molar-refractivity contribution < 1.29 is 9.53 Å².